The van der Waals surface area contributed by atoms with E-state index in [0.717, 1.165) is 18.8 Å². The molecule has 0 spiro atoms. The van der Waals surface area contributed by atoms with E-state index in [2.05, 4.69) is 23.9 Å². The lowest BCUT2D eigenvalue weighted by Crippen LogP contribution is -2.29. The number of pyridine rings is 1. The van der Waals surface area contributed by atoms with E-state index in [-0.39, 0.29) is 5.56 Å². The van der Waals surface area contributed by atoms with Gasteiger partial charge in [-0.25, -0.2) is 0 Å². The third-order valence-electron chi connectivity index (χ3n) is 2.39. The Morgan fingerprint density at radius 3 is 2.40 bits per heavy atom. The predicted octanol–water partition coefficient (Wildman–Crippen LogP) is 0.383. The molecule has 0 saturated carbocycles. The monoisotopic (exact) mass is 209 g/mol. The highest BCUT2D eigenvalue weighted by Crippen LogP contribution is 2.08. The van der Waals surface area contributed by atoms with Crippen LogP contribution in [0.15, 0.2) is 23.1 Å². The van der Waals surface area contributed by atoms with Crippen molar-refractivity contribution in [2.24, 2.45) is 7.05 Å². The van der Waals surface area contributed by atoms with Gasteiger partial charge in [-0.1, -0.05) is 0 Å². The van der Waals surface area contributed by atoms with Gasteiger partial charge in [0.1, 0.15) is 0 Å². The lowest BCUT2D eigenvalue weighted by Gasteiger charge is -2.21. The Bertz CT molecular complexity index is 370. The quantitative estimate of drug-likeness (QED) is 0.718. The number of hydrogen-bond donors (Lipinski definition) is 0. The summed E-state index contributed by atoms with van der Waals surface area (Å²) in [5, 5.41) is 0. The molecule has 84 valence electrons. The summed E-state index contributed by atoms with van der Waals surface area (Å²) in [5.74, 6) is 0. The van der Waals surface area contributed by atoms with Crippen LogP contribution in [-0.2, 0) is 7.05 Å². The zero-order valence-electron chi connectivity index (χ0n) is 9.90. The first kappa shape index (κ1) is 11.8. The Kier molecular flexibility index (Phi) is 3.91. The highest BCUT2D eigenvalue weighted by atomic mass is 16.1. The average Bonchev–Trinajstić information content (AvgIpc) is 2.18. The Morgan fingerprint density at radius 1 is 1.20 bits per heavy atom. The van der Waals surface area contributed by atoms with Gasteiger partial charge in [0.05, 0.1) is 5.69 Å². The molecule has 0 aliphatic carbocycles. The predicted molar refractivity (Wildman–Crippen MR) is 63.5 cm³/mol. The third kappa shape index (κ3) is 3.40. The molecule has 0 fully saturated rings. The third-order valence-corrected chi connectivity index (χ3v) is 2.39. The Balaban J connectivity index is 2.69. The van der Waals surface area contributed by atoms with Gasteiger partial charge in [-0.3, -0.25) is 4.79 Å². The minimum absolute atomic E-state index is 0.0276. The molecule has 15 heavy (non-hydrogen) atoms. The first-order valence-corrected chi connectivity index (χ1v) is 5.03. The molecule has 4 nitrogen and oxygen atoms in total. The van der Waals surface area contributed by atoms with Crippen molar-refractivity contribution in [2.75, 3.05) is 39.1 Å². The molecule has 0 aliphatic rings. The molecule has 0 aromatic carbocycles. The molecule has 0 aliphatic heterocycles. The number of anilines is 1. The molecule has 0 amide bonds. The minimum Gasteiger partial charge on any atom is -0.372 e. The van der Waals surface area contributed by atoms with Crippen molar-refractivity contribution >= 4 is 5.69 Å². The van der Waals surface area contributed by atoms with Crippen LogP contribution in [-0.4, -0.2) is 43.7 Å². The zero-order chi connectivity index (χ0) is 11.4. The normalized spacial score (nSPS) is 10.7. The average molecular weight is 209 g/mol. The number of hydrogen-bond acceptors (Lipinski definition) is 3. The Morgan fingerprint density at radius 2 is 1.87 bits per heavy atom. The van der Waals surface area contributed by atoms with E-state index in [1.807, 2.05) is 19.3 Å². The fourth-order valence-electron chi connectivity index (χ4n) is 1.28. The maximum atomic E-state index is 11.2. The van der Waals surface area contributed by atoms with Gasteiger partial charge in [-0.15, -0.1) is 0 Å². The SMILES string of the molecule is CN(C)CCN(C)c1ccc(=O)n(C)c1. The van der Waals surface area contributed by atoms with Crippen LogP contribution in [0.5, 0.6) is 0 Å². The fraction of sp³-hybridized carbons (Fsp3) is 0.545. The van der Waals surface area contributed by atoms with E-state index in [1.54, 1.807) is 17.7 Å². The van der Waals surface area contributed by atoms with E-state index in [9.17, 15) is 4.79 Å². The smallest absolute Gasteiger partial charge is 0.250 e. The zero-order valence-corrected chi connectivity index (χ0v) is 9.90. The molecule has 1 heterocycles. The van der Waals surface area contributed by atoms with Gasteiger partial charge in [-0.2, -0.15) is 0 Å². The van der Waals surface area contributed by atoms with Crippen molar-refractivity contribution in [3.8, 4) is 0 Å². The highest BCUT2D eigenvalue weighted by molar-refractivity contribution is 5.42. The molecule has 4 heteroatoms. The van der Waals surface area contributed by atoms with Gasteiger partial charge < -0.3 is 14.4 Å². The lowest BCUT2D eigenvalue weighted by molar-refractivity contribution is 0.416. The first-order chi connectivity index (χ1) is 7.00. The van der Waals surface area contributed by atoms with E-state index in [4.69, 9.17) is 0 Å². The van der Waals surface area contributed by atoms with Crippen LogP contribution in [0.4, 0.5) is 5.69 Å². The van der Waals surface area contributed by atoms with Crippen LogP contribution in [0, 0.1) is 0 Å². The molecule has 0 unspecified atom stereocenters. The van der Waals surface area contributed by atoms with E-state index in [0.29, 0.717) is 0 Å². The standard InChI is InChI=1S/C11H19N3O/c1-12(2)7-8-13(3)10-5-6-11(15)14(4)9-10/h5-6,9H,7-8H2,1-4H3. The summed E-state index contributed by atoms with van der Waals surface area (Å²) in [4.78, 5) is 15.5. The van der Waals surface area contributed by atoms with Crippen LogP contribution in [0.2, 0.25) is 0 Å². The van der Waals surface area contributed by atoms with Crippen LogP contribution in [0.3, 0.4) is 0 Å². The number of aryl methyl sites for hydroxylation is 1. The second-order valence-corrected chi connectivity index (χ2v) is 4.06. The maximum absolute atomic E-state index is 11.2. The maximum Gasteiger partial charge on any atom is 0.250 e. The van der Waals surface area contributed by atoms with Gasteiger partial charge in [0.2, 0.25) is 5.56 Å². The topological polar surface area (TPSA) is 28.5 Å². The molecular weight excluding hydrogens is 190 g/mol. The largest absolute Gasteiger partial charge is 0.372 e. The van der Waals surface area contributed by atoms with Crippen molar-refractivity contribution in [2.45, 2.75) is 0 Å². The van der Waals surface area contributed by atoms with Gasteiger partial charge in [0.15, 0.2) is 0 Å². The highest BCUT2D eigenvalue weighted by Gasteiger charge is 2.02. The van der Waals surface area contributed by atoms with Crippen molar-refractivity contribution in [3.05, 3.63) is 28.7 Å². The number of aromatic nitrogens is 1. The van der Waals surface area contributed by atoms with Gasteiger partial charge in [0.25, 0.3) is 0 Å². The molecule has 0 bridgehead atoms. The van der Waals surface area contributed by atoms with E-state index in [1.165, 1.54) is 0 Å². The lowest BCUT2D eigenvalue weighted by atomic mass is 10.3. The van der Waals surface area contributed by atoms with E-state index >= 15 is 0 Å². The van der Waals surface area contributed by atoms with Crippen LogP contribution >= 0.6 is 0 Å². The Hall–Kier alpha value is -1.29. The van der Waals surface area contributed by atoms with Crippen molar-refractivity contribution in [3.63, 3.8) is 0 Å². The molecule has 1 aromatic rings. The van der Waals surface area contributed by atoms with Crippen molar-refractivity contribution in [1.82, 2.24) is 9.47 Å². The van der Waals surface area contributed by atoms with Gasteiger partial charge in [0, 0.05) is 39.4 Å². The summed E-state index contributed by atoms with van der Waals surface area (Å²) >= 11 is 0. The van der Waals surface area contributed by atoms with Crippen LogP contribution in [0.1, 0.15) is 0 Å². The summed E-state index contributed by atoms with van der Waals surface area (Å²) < 4.78 is 1.60. The van der Waals surface area contributed by atoms with Crippen LogP contribution < -0.4 is 10.5 Å². The van der Waals surface area contributed by atoms with Gasteiger partial charge in [-0.05, 0) is 20.2 Å². The summed E-state index contributed by atoms with van der Waals surface area (Å²) in [5.41, 5.74) is 1.10. The van der Waals surface area contributed by atoms with Crippen molar-refractivity contribution in [1.29, 1.82) is 0 Å². The molecule has 1 aromatic heterocycles. The summed E-state index contributed by atoms with van der Waals surface area (Å²) in [7, 11) is 7.90. The second kappa shape index (κ2) is 4.98. The molecule has 0 atom stereocenters. The van der Waals surface area contributed by atoms with E-state index < -0.39 is 0 Å². The number of rotatable bonds is 4. The number of likely N-dealkylation sites (N-methyl/N-ethyl adjacent to an activating group) is 2. The van der Waals surface area contributed by atoms with Gasteiger partial charge >= 0.3 is 0 Å². The van der Waals surface area contributed by atoms with Crippen molar-refractivity contribution < 1.29 is 0 Å². The molecular formula is C11H19N3O. The summed E-state index contributed by atoms with van der Waals surface area (Å²) in [6.45, 7) is 1.95. The molecule has 0 saturated heterocycles. The first-order valence-electron chi connectivity index (χ1n) is 5.03. The fourth-order valence-corrected chi connectivity index (χ4v) is 1.28. The Labute approximate surface area is 90.7 Å². The van der Waals surface area contributed by atoms with Crippen LogP contribution in [0.25, 0.3) is 0 Å². The molecule has 0 N–H and O–H groups in total. The second-order valence-electron chi connectivity index (χ2n) is 4.06. The number of nitrogens with zero attached hydrogens (tertiary/aromatic N) is 3. The minimum atomic E-state index is 0.0276. The molecule has 1 rings (SSSR count). The summed E-state index contributed by atoms with van der Waals surface area (Å²) in [6.07, 6.45) is 1.86. The molecule has 0 radical (unpaired) electrons. The summed E-state index contributed by atoms with van der Waals surface area (Å²) in [6, 6.07) is 3.46.